The third-order valence-corrected chi connectivity index (χ3v) is 5.18. The number of carbonyl (C=O) groups is 2. The molecule has 1 aliphatic heterocycles. The number of amides is 2. The Bertz CT molecular complexity index is 1030. The standard InChI is InChI=1S/C22H22N4O4/c1-29-21(27)17-9-5-6-10-18(17)23-22(28)26-13-11-16(12-14-26)20-24-19(25-30-20)15-7-3-2-4-8-15/h2-10,16H,11-14H2,1H3,(H,23,28). The Balaban J connectivity index is 1.37. The van der Waals surface area contributed by atoms with E-state index < -0.39 is 5.97 Å². The van der Waals surface area contributed by atoms with Crippen LogP contribution < -0.4 is 5.32 Å². The van der Waals surface area contributed by atoms with E-state index in [2.05, 4.69) is 15.5 Å². The first-order chi connectivity index (χ1) is 14.7. The summed E-state index contributed by atoms with van der Waals surface area (Å²) in [6, 6.07) is 16.2. The van der Waals surface area contributed by atoms with Crippen LogP contribution in [0.2, 0.25) is 0 Å². The maximum Gasteiger partial charge on any atom is 0.339 e. The van der Waals surface area contributed by atoms with Gasteiger partial charge in [-0.15, -0.1) is 0 Å². The quantitative estimate of drug-likeness (QED) is 0.659. The molecule has 0 atom stereocenters. The highest BCUT2D eigenvalue weighted by Crippen LogP contribution is 2.29. The lowest BCUT2D eigenvalue weighted by Gasteiger charge is -2.30. The van der Waals surface area contributed by atoms with Gasteiger partial charge in [0.15, 0.2) is 0 Å². The number of para-hydroxylation sites is 1. The van der Waals surface area contributed by atoms with Gasteiger partial charge in [-0.2, -0.15) is 4.98 Å². The second-order valence-electron chi connectivity index (χ2n) is 7.05. The average Bonchev–Trinajstić information content (AvgIpc) is 3.30. The van der Waals surface area contributed by atoms with Crippen LogP contribution >= 0.6 is 0 Å². The minimum atomic E-state index is -0.491. The van der Waals surface area contributed by atoms with Gasteiger partial charge in [-0.25, -0.2) is 9.59 Å². The topological polar surface area (TPSA) is 97.6 Å². The number of anilines is 1. The molecule has 0 aliphatic carbocycles. The molecule has 0 spiro atoms. The third-order valence-electron chi connectivity index (χ3n) is 5.18. The third kappa shape index (κ3) is 4.17. The van der Waals surface area contributed by atoms with Crippen molar-refractivity contribution in [2.24, 2.45) is 0 Å². The smallest absolute Gasteiger partial charge is 0.339 e. The minimum absolute atomic E-state index is 0.112. The summed E-state index contributed by atoms with van der Waals surface area (Å²) in [4.78, 5) is 30.8. The molecule has 1 aromatic heterocycles. The number of hydrogen-bond acceptors (Lipinski definition) is 6. The summed E-state index contributed by atoms with van der Waals surface area (Å²) >= 11 is 0. The number of benzene rings is 2. The second-order valence-corrected chi connectivity index (χ2v) is 7.05. The largest absolute Gasteiger partial charge is 0.465 e. The number of esters is 1. The maximum atomic E-state index is 12.7. The summed E-state index contributed by atoms with van der Waals surface area (Å²) in [5, 5.41) is 6.89. The van der Waals surface area contributed by atoms with Gasteiger partial charge in [0.05, 0.1) is 18.4 Å². The minimum Gasteiger partial charge on any atom is -0.465 e. The number of urea groups is 1. The summed E-state index contributed by atoms with van der Waals surface area (Å²) < 4.78 is 10.2. The SMILES string of the molecule is COC(=O)c1ccccc1NC(=O)N1CCC(c2nc(-c3ccccc3)no2)CC1. The van der Waals surface area contributed by atoms with Crippen molar-refractivity contribution in [2.75, 3.05) is 25.5 Å². The van der Waals surface area contributed by atoms with E-state index in [0.717, 1.165) is 18.4 Å². The average molecular weight is 406 g/mol. The molecular weight excluding hydrogens is 384 g/mol. The Labute approximate surface area is 173 Å². The fourth-order valence-corrected chi connectivity index (χ4v) is 3.51. The van der Waals surface area contributed by atoms with Gasteiger partial charge in [-0.1, -0.05) is 47.6 Å². The van der Waals surface area contributed by atoms with E-state index in [0.29, 0.717) is 36.1 Å². The summed E-state index contributed by atoms with van der Waals surface area (Å²) in [5.74, 6) is 0.798. The molecule has 30 heavy (non-hydrogen) atoms. The monoisotopic (exact) mass is 406 g/mol. The van der Waals surface area contributed by atoms with Crippen LogP contribution in [0.3, 0.4) is 0 Å². The van der Waals surface area contributed by atoms with Crippen LogP contribution in [0.15, 0.2) is 59.1 Å². The Hall–Kier alpha value is -3.68. The summed E-state index contributed by atoms with van der Waals surface area (Å²) in [6.45, 7) is 1.11. The van der Waals surface area contributed by atoms with E-state index in [1.807, 2.05) is 30.3 Å². The number of nitrogens with one attached hydrogen (secondary N) is 1. The van der Waals surface area contributed by atoms with Crippen molar-refractivity contribution in [3.05, 3.63) is 66.1 Å². The van der Waals surface area contributed by atoms with Gasteiger partial charge >= 0.3 is 12.0 Å². The van der Waals surface area contributed by atoms with Crippen molar-refractivity contribution in [2.45, 2.75) is 18.8 Å². The number of piperidine rings is 1. The summed E-state index contributed by atoms with van der Waals surface area (Å²) in [6.07, 6.45) is 1.45. The van der Waals surface area contributed by atoms with Crippen LogP contribution in [0, 0.1) is 0 Å². The summed E-state index contributed by atoms with van der Waals surface area (Å²) in [7, 11) is 1.31. The molecule has 0 radical (unpaired) electrons. The van der Waals surface area contributed by atoms with Crippen molar-refractivity contribution in [3.8, 4) is 11.4 Å². The molecule has 0 unspecified atom stereocenters. The lowest BCUT2D eigenvalue weighted by molar-refractivity contribution is 0.0602. The van der Waals surface area contributed by atoms with Gasteiger partial charge in [0.1, 0.15) is 0 Å². The molecule has 0 bridgehead atoms. The van der Waals surface area contributed by atoms with Crippen molar-refractivity contribution in [3.63, 3.8) is 0 Å². The van der Waals surface area contributed by atoms with Crippen LogP contribution in [-0.2, 0) is 4.74 Å². The van der Waals surface area contributed by atoms with Crippen LogP contribution in [-0.4, -0.2) is 47.2 Å². The molecule has 8 heteroatoms. The highest BCUT2D eigenvalue weighted by molar-refractivity contribution is 6.00. The lowest BCUT2D eigenvalue weighted by Crippen LogP contribution is -2.40. The first-order valence-electron chi connectivity index (χ1n) is 9.78. The molecule has 8 nitrogen and oxygen atoms in total. The number of hydrogen-bond donors (Lipinski definition) is 1. The van der Waals surface area contributed by atoms with Crippen LogP contribution in [0.1, 0.15) is 35.0 Å². The molecule has 1 N–H and O–H groups in total. The Morgan fingerprint density at radius 2 is 1.77 bits per heavy atom. The normalized spacial score (nSPS) is 14.4. The van der Waals surface area contributed by atoms with Gasteiger partial charge in [-0.3, -0.25) is 0 Å². The number of ether oxygens (including phenoxy) is 1. The molecule has 1 saturated heterocycles. The molecule has 0 saturated carbocycles. The van der Waals surface area contributed by atoms with Gasteiger partial charge in [0.25, 0.3) is 0 Å². The van der Waals surface area contributed by atoms with E-state index in [1.54, 1.807) is 29.2 Å². The number of nitrogens with zero attached hydrogens (tertiary/aromatic N) is 3. The lowest BCUT2D eigenvalue weighted by atomic mass is 9.97. The molecular formula is C22H22N4O4. The van der Waals surface area contributed by atoms with Crippen molar-refractivity contribution >= 4 is 17.7 Å². The van der Waals surface area contributed by atoms with Crippen LogP contribution in [0.25, 0.3) is 11.4 Å². The molecule has 1 fully saturated rings. The highest BCUT2D eigenvalue weighted by atomic mass is 16.5. The Morgan fingerprint density at radius 3 is 2.50 bits per heavy atom. The fourth-order valence-electron chi connectivity index (χ4n) is 3.51. The zero-order valence-corrected chi connectivity index (χ0v) is 16.6. The number of aromatic nitrogens is 2. The molecule has 2 heterocycles. The fraction of sp³-hybridized carbons (Fsp3) is 0.273. The van der Waals surface area contributed by atoms with Gasteiger partial charge in [-0.05, 0) is 25.0 Å². The number of rotatable bonds is 4. The molecule has 2 aromatic carbocycles. The first-order valence-corrected chi connectivity index (χ1v) is 9.78. The van der Waals surface area contributed by atoms with Crippen LogP contribution in [0.5, 0.6) is 0 Å². The van der Waals surface area contributed by atoms with Crippen LogP contribution in [0.4, 0.5) is 10.5 Å². The predicted molar refractivity (Wildman–Crippen MR) is 110 cm³/mol. The molecule has 1 aliphatic rings. The highest BCUT2D eigenvalue weighted by Gasteiger charge is 2.28. The molecule has 4 rings (SSSR count). The Morgan fingerprint density at radius 1 is 1.07 bits per heavy atom. The first kappa shape index (κ1) is 19.6. The Kier molecular flexibility index (Phi) is 5.74. The van der Waals surface area contributed by atoms with Crippen molar-refractivity contribution < 1.29 is 18.8 Å². The zero-order chi connectivity index (χ0) is 20.9. The van der Waals surface area contributed by atoms with Crippen molar-refractivity contribution in [1.29, 1.82) is 0 Å². The van der Waals surface area contributed by atoms with Crippen molar-refractivity contribution in [1.82, 2.24) is 15.0 Å². The van der Waals surface area contributed by atoms with E-state index in [4.69, 9.17) is 9.26 Å². The number of likely N-dealkylation sites (tertiary alicyclic amines) is 1. The zero-order valence-electron chi connectivity index (χ0n) is 16.6. The predicted octanol–water partition coefficient (Wildman–Crippen LogP) is 3.93. The second kappa shape index (κ2) is 8.77. The van der Waals surface area contributed by atoms with E-state index in [9.17, 15) is 9.59 Å². The van der Waals surface area contributed by atoms with Gasteiger partial charge < -0.3 is 19.5 Å². The van der Waals surface area contributed by atoms with E-state index in [-0.39, 0.29) is 11.9 Å². The molecule has 3 aromatic rings. The van der Waals surface area contributed by atoms with E-state index >= 15 is 0 Å². The molecule has 2 amide bonds. The maximum absolute atomic E-state index is 12.7. The van der Waals surface area contributed by atoms with Gasteiger partial charge in [0.2, 0.25) is 11.7 Å². The number of carbonyl (C=O) groups excluding carboxylic acids is 2. The van der Waals surface area contributed by atoms with Gasteiger partial charge in [0, 0.05) is 24.6 Å². The summed E-state index contributed by atoms with van der Waals surface area (Å²) in [5.41, 5.74) is 1.66. The van der Waals surface area contributed by atoms with E-state index in [1.165, 1.54) is 7.11 Å². The molecule has 154 valence electrons. The number of methoxy groups -OCH3 is 1.